The average Bonchev–Trinajstić information content (AvgIpc) is 3.35. The summed E-state index contributed by atoms with van der Waals surface area (Å²) in [6.45, 7) is 2.74. The van der Waals surface area contributed by atoms with Crippen LogP contribution in [0.2, 0.25) is 0 Å². The van der Waals surface area contributed by atoms with Crippen molar-refractivity contribution in [3.05, 3.63) is 87.0 Å². The van der Waals surface area contributed by atoms with Crippen LogP contribution in [0.15, 0.2) is 58.4 Å². The van der Waals surface area contributed by atoms with Crippen molar-refractivity contribution in [1.29, 1.82) is 5.26 Å². The van der Waals surface area contributed by atoms with Gasteiger partial charge in [0.25, 0.3) is 11.5 Å². The number of aryl methyl sites for hydroxylation is 1. The van der Waals surface area contributed by atoms with Crippen molar-refractivity contribution in [3.63, 3.8) is 0 Å². The predicted octanol–water partition coefficient (Wildman–Crippen LogP) is 2.89. The normalized spacial score (nSPS) is 16.3. The molecule has 0 N–H and O–H groups in total. The number of fused-ring (bicyclic) bond motifs is 2. The number of amides is 1. The number of nitriles is 1. The SMILES string of the molecule is Cc1cccn2c(=O)c3cc(C#N)c(=NC(=O)c4ccc(F)cc4)n(CC4CCCO4)c3nc12. The number of rotatable bonds is 3. The molecule has 3 aromatic heterocycles. The van der Waals surface area contributed by atoms with E-state index < -0.39 is 11.7 Å². The van der Waals surface area contributed by atoms with E-state index in [-0.39, 0.29) is 40.2 Å². The lowest BCUT2D eigenvalue weighted by atomic mass is 10.2. The minimum absolute atomic E-state index is 0.0625. The number of hydrogen-bond donors (Lipinski definition) is 0. The molecule has 1 fully saturated rings. The topological polar surface area (TPSA) is 102 Å². The highest BCUT2D eigenvalue weighted by Crippen LogP contribution is 2.18. The molecule has 8 nitrogen and oxygen atoms in total. The number of halogens is 1. The lowest BCUT2D eigenvalue weighted by molar-refractivity contribution is 0.0952. The van der Waals surface area contributed by atoms with Gasteiger partial charge in [-0.3, -0.25) is 14.0 Å². The van der Waals surface area contributed by atoms with Gasteiger partial charge in [-0.15, -0.1) is 0 Å². The van der Waals surface area contributed by atoms with E-state index >= 15 is 0 Å². The number of hydrogen-bond acceptors (Lipinski definition) is 5. The number of ether oxygens (including phenoxy) is 1. The monoisotopic (exact) mass is 457 g/mol. The summed E-state index contributed by atoms with van der Waals surface area (Å²) in [6, 6.07) is 12.1. The van der Waals surface area contributed by atoms with Crippen molar-refractivity contribution < 1.29 is 13.9 Å². The second-order valence-electron chi connectivity index (χ2n) is 8.20. The van der Waals surface area contributed by atoms with Crippen LogP contribution in [0.1, 0.15) is 34.3 Å². The van der Waals surface area contributed by atoms with Crippen molar-refractivity contribution in [2.24, 2.45) is 4.99 Å². The Hall–Kier alpha value is -4.16. The second kappa shape index (κ2) is 8.65. The van der Waals surface area contributed by atoms with Gasteiger partial charge in [-0.1, -0.05) is 6.07 Å². The molecular weight excluding hydrogens is 437 g/mol. The largest absolute Gasteiger partial charge is 0.376 e. The first-order valence-corrected chi connectivity index (χ1v) is 10.9. The van der Waals surface area contributed by atoms with Crippen molar-refractivity contribution in [2.75, 3.05) is 6.61 Å². The van der Waals surface area contributed by atoms with E-state index in [2.05, 4.69) is 11.1 Å². The summed E-state index contributed by atoms with van der Waals surface area (Å²) in [5, 5.41) is 10.1. The summed E-state index contributed by atoms with van der Waals surface area (Å²) in [4.78, 5) is 35.2. The molecule has 1 unspecified atom stereocenters. The molecule has 0 bridgehead atoms. The number of carbonyl (C=O) groups excluding carboxylic acids is 1. The quantitative estimate of drug-likeness (QED) is 0.440. The van der Waals surface area contributed by atoms with Crippen LogP contribution in [-0.4, -0.2) is 32.6 Å². The maximum Gasteiger partial charge on any atom is 0.278 e. The van der Waals surface area contributed by atoms with Gasteiger partial charge in [0.15, 0.2) is 5.49 Å². The lowest BCUT2D eigenvalue weighted by Gasteiger charge is -2.17. The first kappa shape index (κ1) is 21.7. The molecule has 1 aliphatic heterocycles. The van der Waals surface area contributed by atoms with E-state index in [1.165, 1.54) is 34.7 Å². The summed E-state index contributed by atoms with van der Waals surface area (Å²) in [7, 11) is 0. The summed E-state index contributed by atoms with van der Waals surface area (Å²) in [6.07, 6.45) is 3.14. The average molecular weight is 457 g/mol. The Morgan fingerprint density at radius 1 is 1.29 bits per heavy atom. The van der Waals surface area contributed by atoms with Gasteiger partial charge in [-0.2, -0.15) is 10.3 Å². The van der Waals surface area contributed by atoms with Gasteiger partial charge in [0, 0.05) is 18.4 Å². The molecule has 4 heterocycles. The molecule has 9 heteroatoms. The zero-order chi connectivity index (χ0) is 23.8. The van der Waals surface area contributed by atoms with Gasteiger partial charge in [-0.05, 0) is 61.7 Å². The Bertz CT molecular complexity index is 1610. The van der Waals surface area contributed by atoms with E-state index in [9.17, 15) is 19.2 Å². The third-order valence-corrected chi connectivity index (χ3v) is 5.93. The minimum atomic E-state index is -0.634. The fraction of sp³-hybridized carbons (Fsp3) is 0.240. The van der Waals surface area contributed by atoms with Gasteiger partial charge in [0.1, 0.15) is 23.2 Å². The van der Waals surface area contributed by atoms with Gasteiger partial charge in [0.2, 0.25) is 0 Å². The third kappa shape index (κ3) is 3.78. The van der Waals surface area contributed by atoms with Gasteiger partial charge in [0.05, 0.1) is 23.6 Å². The Balaban J connectivity index is 1.84. The smallest absolute Gasteiger partial charge is 0.278 e. The summed E-state index contributed by atoms with van der Waals surface area (Å²) in [5.41, 5.74) is 1.60. The van der Waals surface area contributed by atoms with Crippen LogP contribution >= 0.6 is 0 Å². The van der Waals surface area contributed by atoms with Crippen molar-refractivity contribution in [2.45, 2.75) is 32.4 Å². The molecule has 34 heavy (non-hydrogen) atoms. The van der Waals surface area contributed by atoms with Crippen LogP contribution in [0.25, 0.3) is 16.7 Å². The molecular formula is C25H20FN5O3. The Morgan fingerprint density at radius 3 is 2.79 bits per heavy atom. The van der Waals surface area contributed by atoms with E-state index in [0.29, 0.717) is 17.9 Å². The molecule has 5 rings (SSSR count). The lowest BCUT2D eigenvalue weighted by Crippen LogP contribution is -2.33. The number of pyridine rings is 2. The zero-order valence-corrected chi connectivity index (χ0v) is 18.4. The van der Waals surface area contributed by atoms with E-state index in [4.69, 9.17) is 9.72 Å². The van der Waals surface area contributed by atoms with Crippen LogP contribution in [-0.2, 0) is 11.3 Å². The van der Waals surface area contributed by atoms with Gasteiger partial charge in [-0.25, -0.2) is 9.37 Å². The van der Waals surface area contributed by atoms with Gasteiger partial charge >= 0.3 is 0 Å². The molecule has 0 spiro atoms. The summed E-state index contributed by atoms with van der Waals surface area (Å²) >= 11 is 0. The fourth-order valence-electron chi connectivity index (χ4n) is 4.21. The van der Waals surface area contributed by atoms with Crippen molar-refractivity contribution in [1.82, 2.24) is 14.0 Å². The Kier molecular flexibility index (Phi) is 5.51. The molecule has 1 amide bonds. The number of nitrogens with zero attached hydrogens (tertiary/aromatic N) is 5. The van der Waals surface area contributed by atoms with E-state index in [1.807, 2.05) is 13.0 Å². The minimum Gasteiger partial charge on any atom is -0.376 e. The van der Waals surface area contributed by atoms with Crippen molar-refractivity contribution in [3.8, 4) is 6.07 Å². The highest BCUT2D eigenvalue weighted by atomic mass is 19.1. The molecule has 170 valence electrons. The van der Waals surface area contributed by atoms with Crippen LogP contribution in [0, 0.1) is 24.1 Å². The van der Waals surface area contributed by atoms with Crippen LogP contribution in [0.5, 0.6) is 0 Å². The third-order valence-electron chi connectivity index (χ3n) is 5.93. The maximum absolute atomic E-state index is 13.3. The Morgan fingerprint density at radius 2 is 2.09 bits per heavy atom. The van der Waals surface area contributed by atoms with Gasteiger partial charge < -0.3 is 9.30 Å². The molecule has 4 aromatic rings. The summed E-state index contributed by atoms with van der Waals surface area (Å²) < 4.78 is 22.2. The highest BCUT2D eigenvalue weighted by Gasteiger charge is 2.21. The number of carbonyl (C=O) groups is 1. The summed E-state index contributed by atoms with van der Waals surface area (Å²) in [5.74, 6) is -1.11. The molecule has 0 aliphatic carbocycles. The molecule has 1 aromatic carbocycles. The number of aromatic nitrogens is 3. The predicted molar refractivity (Wildman–Crippen MR) is 122 cm³/mol. The van der Waals surface area contributed by atoms with E-state index in [1.54, 1.807) is 16.8 Å². The molecule has 0 radical (unpaired) electrons. The fourth-order valence-corrected chi connectivity index (χ4v) is 4.21. The maximum atomic E-state index is 13.3. The molecule has 0 saturated carbocycles. The first-order valence-electron chi connectivity index (χ1n) is 10.9. The van der Waals surface area contributed by atoms with Crippen LogP contribution in [0.3, 0.4) is 0 Å². The standard InChI is InChI=1S/C25H20FN5O3/c1-15-4-2-10-30-21(15)28-23-20(25(30)33)12-17(13-27)22(31(23)14-19-5-3-11-34-19)29-24(32)16-6-8-18(26)9-7-16/h2,4,6-10,12,19H,3,5,11,14H2,1H3. The van der Waals surface area contributed by atoms with Crippen LogP contribution < -0.4 is 11.0 Å². The zero-order valence-electron chi connectivity index (χ0n) is 18.4. The molecule has 1 aliphatic rings. The second-order valence-corrected chi connectivity index (χ2v) is 8.20. The Labute approximate surface area is 193 Å². The highest BCUT2D eigenvalue weighted by molar-refractivity contribution is 5.95. The van der Waals surface area contributed by atoms with Crippen molar-refractivity contribution >= 4 is 22.6 Å². The molecule has 1 atom stereocenters. The molecule has 1 saturated heterocycles. The number of benzene rings is 1. The van der Waals surface area contributed by atoms with Crippen LogP contribution in [0.4, 0.5) is 4.39 Å². The van der Waals surface area contributed by atoms with E-state index in [0.717, 1.165) is 18.4 Å². The first-order chi connectivity index (χ1) is 16.5.